The molecule has 0 fully saturated rings. The van der Waals surface area contributed by atoms with Crippen LogP contribution < -0.4 is 5.32 Å². The Balaban J connectivity index is 1.67. The molecule has 3 rings (SSSR count). The summed E-state index contributed by atoms with van der Waals surface area (Å²) in [6.07, 6.45) is 1.65. The van der Waals surface area contributed by atoms with Crippen molar-refractivity contribution in [2.45, 2.75) is 13.5 Å². The van der Waals surface area contributed by atoms with Crippen molar-refractivity contribution in [2.75, 3.05) is 0 Å². The molecule has 0 aliphatic rings. The minimum atomic E-state index is -0.253. The number of furan rings is 1. The van der Waals surface area contributed by atoms with Gasteiger partial charge in [-0.15, -0.1) is 0 Å². The maximum absolute atomic E-state index is 12.3. The number of nitrogens with one attached hydrogen (secondary N) is 1. The summed E-state index contributed by atoms with van der Waals surface area (Å²) in [7, 11) is 1.74. The van der Waals surface area contributed by atoms with Crippen LogP contribution in [0.3, 0.4) is 0 Å². The Morgan fingerprint density at radius 2 is 1.88 bits per heavy atom. The van der Waals surface area contributed by atoms with E-state index in [9.17, 15) is 9.59 Å². The third kappa shape index (κ3) is 3.91. The summed E-state index contributed by atoms with van der Waals surface area (Å²) in [5.41, 5.74) is 1.92. The molecule has 5 nitrogen and oxygen atoms in total. The lowest BCUT2D eigenvalue weighted by molar-refractivity contribution is 0.0939. The number of ketones is 1. The highest BCUT2D eigenvalue weighted by molar-refractivity contribution is 9.10. The Labute approximate surface area is 153 Å². The largest absolute Gasteiger partial charge is 0.459 e. The van der Waals surface area contributed by atoms with Crippen LogP contribution in [0.1, 0.15) is 33.5 Å². The fraction of sp³-hybridized carbons (Fsp3) is 0.158. The molecule has 0 unspecified atom stereocenters. The number of rotatable bonds is 5. The Morgan fingerprint density at radius 3 is 2.52 bits per heavy atom. The average molecular weight is 401 g/mol. The van der Waals surface area contributed by atoms with Gasteiger partial charge in [-0.3, -0.25) is 9.59 Å². The number of carbonyl (C=O) groups excluding carboxylic acids is 2. The number of aromatic nitrogens is 1. The first-order chi connectivity index (χ1) is 11.9. The molecular weight excluding hydrogens is 384 g/mol. The van der Waals surface area contributed by atoms with Crippen molar-refractivity contribution in [1.82, 2.24) is 9.88 Å². The zero-order valence-electron chi connectivity index (χ0n) is 13.9. The highest BCUT2D eigenvalue weighted by atomic mass is 79.9. The topological polar surface area (TPSA) is 64.2 Å². The molecule has 0 aliphatic heterocycles. The van der Waals surface area contributed by atoms with E-state index < -0.39 is 0 Å². The second-order valence-corrected chi connectivity index (χ2v) is 6.65. The molecule has 1 amide bonds. The number of hydrogen-bond acceptors (Lipinski definition) is 3. The van der Waals surface area contributed by atoms with Gasteiger partial charge >= 0.3 is 0 Å². The molecule has 0 saturated heterocycles. The molecule has 1 aromatic carbocycles. The lowest BCUT2D eigenvalue weighted by Gasteiger charge is -2.04. The number of carbonyl (C=O) groups is 2. The molecule has 0 bridgehead atoms. The summed E-state index contributed by atoms with van der Waals surface area (Å²) >= 11 is 3.40. The number of benzene rings is 1. The standard InChI is InChI=1S/C19H17BrN2O3/c1-12(23)14-9-17(22(2)11-14)19(24)21-10-16-7-8-18(25-16)13-3-5-15(20)6-4-13/h3-9,11H,10H2,1-2H3,(H,21,24). The van der Waals surface area contributed by atoms with Gasteiger partial charge in [0.2, 0.25) is 0 Å². The summed E-state index contributed by atoms with van der Waals surface area (Å²) in [5, 5.41) is 2.81. The Morgan fingerprint density at radius 1 is 1.16 bits per heavy atom. The van der Waals surface area contributed by atoms with Gasteiger partial charge in [-0.1, -0.05) is 28.1 Å². The summed E-state index contributed by atoms with van der Waals surface area (Å²) in [5.74, 6) is 1.08. The molecule has 0 atom stereocenters. The smallest absolute Gasteiger partial charge is 0.268 e. The fourth-order valence-corrected chi connectivity index (χ4v) is 2.75. The molecule has 0 aliphatic carbocycles. The first kappa shape index (κ1) is 17.2. The Bertz CT molecular complexity index is 923. The van der Waals surface area contributed by atoms with Crippen molar-refractivity contribution in [3.05, 3.63) is 70.2 Å². The second kappa shape index (κ2) is 7.11. The number of aryl methyl sites for hydroxylation is 1. The van der Waals surface area contributed by atoms with E-state index >= 15 is 0 Å². The van der Waals surface area contributed by atoms with Crippen molar-refractivity contribution < 1.29 is 14.0 Å². The van der Waals surface area contributed by atoms with Gasteiger partial charge in [0.15, 0.2) is 5.78 Å². The lowest BCUT2D eigenvalue weighted by Crippen LogP contribution is -2.24. The number of halogens is 1. The summed E-state index contributed by atoms with van der Waals surface area (Å²) in [4.78, 5) is 23.7. The van der Waals surface area contributed by atoms with Gasteiger partial charge < -0.3 is 14.3 Å². The highest BCUT2D eigenvalue weighted by Gasteiger charge is 2.14. The predicted octanol–water partition coefficient (Wildman–Crippen LogP) is 4.18. The van der Waals surface area contributed by atoms with Crippen LogP contribution in [0.15, 0.2) is 57.6 Å². The van der Waals surface area contributed by atoms with Crippen LogP contribution in [0.5, 0.6) is 0 Å². The molecule has 25 heavy (non-hydrogen) atoms. The van der Waals surface area contributed by atoms with Crippen molar-refractivity contribution in [3.8, 4) is 11.3 Å². The molecular formula is C19H17BrN2O3. The molecule has 3 aromatic rings. The zero-order valence-corrected chi connectivity index (χ0v) is 15.5. The quantitative estimate of drug-likeness (QED) is 0.653. The van der Waals surface area contributed by atoms with Crippen LogP contribution in [-0.4, -0.2) is 16.3 Å². The van der Waals surface area contributed by atoms with Crippen molar-refractivity contribution in [1.29, 1.82) is 0 Å². The van der Waals surface area contributed by atoms with Gasteiger partial charge in [0.1, 0.15) is 17.2 Å². The minimum Gasteiger partial charge on any atom is -0.459 e. The van der Waals surface area contributed by atoms with Crippen LogP contribution in [0.4, 0.5) is 0 Å². The first-order valence-electron chi connectivity index (χ1n) is 7.74. The van der Waals surface area contributed by atoms with Crippen LogP contribution in [0.2, 0.25) is 0 Å². The van der Waals surface area contributed by atoms with Crippen LogP contribution in [0.25, 0.3) is 11.3 Å². The molecule has 1 N–H and O–H groups in total. The van der Waals surface area contributed by atoms with E-state index in [1.165, 1.54) is 6.92 Å². The SMILES string of the molecule is CC(=O)c1cc(C(=O)NCc2ccc(-c3ccc(Br)cc3)o2)n(C)c1. The molecule has 2 aromatic heterocycles. The van der Waals surface area contributed by atoms with Crippen LogP contribution in [0, 0.1) is 0 Å². The van der Waals surface area contributed by atoms with E-state index in [4.69, 9.17) is 4.42 Å². The second-order valence-electron chi connectivity index (χ2n) is 5.74. The van der Waals surface area contributed by atoms with Crippen LogP contribution in [-0.2, 0) is 13.6 Å². The van der Waals surface area contributed by atoms with E-state index in [0.717, 1.165) is 15.8 Å². The maximum Gasteiger partial charge on any atom is 0.268 e. The van der Waals surface area contributed by atoms with Gasteiger partial charge in [-0.25, -0.2) is 0 Å². The molecule has 0 spiro atoms. The zero-order chi connectivity index (χ0) is 18.0. The van der Waals surface area contributed by atoms with Gasteiger partial charge in [0, 0.05) is 28.8 Å². The summed E-state index contributed by atoms with van der Waals surface area (Å²) < 4.78 is 8.42. The summed E-state index contributed by atoms with van der Waals surface area (Å²) in [6, 6.07) is 13.1. The molecule has 0 radical (unpaired) electrons. The average Bonchev–Trinajstić information content (AvgIpc) is 3.20. The molecule has 2 heterocycles. The number of nitrogens with zero attached hydrogens (tertiary/aromatic N) is 1. The fourth-order valence-electron chi connectivity index (χ4n) is 2.48. The van der Waals surface area contributed by atoms with E-state index in [1.807, 2.05) is 36.4 Å². The van der Waals surface area contributed by atoms with Gasteiger partial charge in [-0.2, -0.15) is 0 Å². The normalized spacial score (nSPS) is 10.7. The van der Waals surface area contributed by atoms with E-state index in [0.29, 0.717) is 17.0 Å². The highest BCUT2D eigenvalue weighted by Crippen LogP contribution is 2.24. The van der Waals surface area contributed by atoms with Crippen molar-refractivity contribution in [2.24, 2.45) is 7.05 Å². The number of hydrogen-bond donors (Lipinski definition) is 1. The molecule has 0 saturated carbocycles. The third-order valence-electron chi connectivity index (χ3n) is 3.86. The maximum atomic E-state index is 12.3. The predicted molar refractivity (Wildman–Crippen MR) is 98.4 cm³/mol. The van der Waals surface area contributed by atoms with Gasteiger partial charge in [0.25, 0.3) is 5.91 Å². The van der Waals surface area contributed by atoms with Crippen molar-refractivity contribution >= 4 is 27.6 Å². The Kier molecular flexibility index (Phi) is 4.90. The first-order valence-corrected chi connectivity index (χ1v) is 8.53. The minimum absolute atomic E-state index is 0.0696. The van der Waals surface area contributed by atoms with Gasteiger partial charge in [0.05, 0.1) is 6.54 Å². The number of amides is 1. The molecule has 128 valence electrons. The van der Waals surface area contributed by atoms with Crippen LogP contribution >= 0.6 is 15.9 Å². The van der Waals surface area contributed by atoms with Crippen molar-refractivity contribution in [3.63, 3.8) is 0 Å². The van der Waals surface area contributed by atoms with E-state index in [-0.39, 0.29) is 18.2 Å². The van der Waals surface area contributed by atoms with E-state index in [2.05, 4.69) is 21.2 Å². The summed E-state index contributed by atoms with van der Waals surface area (Å²) in [6.45, 7) is 1.75. The Hall–Kier alpha value is -2.60. The monoisotopic (exact) mass is 400 g/mol. The lowest BCUT2D eigenvalue weighted by atomic mass is 10.2. The molecule has 6 heteroatoms. The number of Topliss-reactive ketones (excluding diaryl/α,β-unsaturated/α-hetero) is 1. The third-order valence-corrected chi connectivity index (χ3v) is 4.39. The van der Waals surface area contributed by atoms with Gasteiger partial charge in [-0.05, 0) is 37.3 Å². The van der Waals surface area contributed by atoms with E-state index in [1.54, 1.807) is 23.9 Å².